The Hall–Kier alpha value is -2.01. The van der Waals surface area contributed by atoms with Gasteiger partial charge in [0.15, 0.2) is 11.5 Å². The highest BCUT2D eigenvalue weighted by Gasteiger charge is 2.47. The number of benzene rings is 1. The van der Waals surface area contributed by atoms with Crippen molar-refractivity contribution in [3.8, 4) is 11.5 Å². The lowest BCUT2D eigenvalue weighted by molar-refractivity contribution is -0.117. The van der Waals surface area contributed by atoms with Crippen molar-refractivity contribution < 1.29 is 19.4 Å². The van der Waals surface area contributed by atoms with Gasteiger partial charge >= 0.3 is 0 Å². The van der Waals surface area contributed by atoms with Crippen LogP contribution in [0.5, 0.6) is 11.5 Å². The Morgan fingerprint density at radius 3 is 2.84 bits per heavy atom. The molecule has 1 amide bonds. The molecule has 0 spiro atoms. The molecule has 25 heavy (non-hydrogen) atoms. The summed E-state index contributed by atoms with van der Waals surface area (Å²) in [6.07, 6.45) is 6.81. The van der Waals surface area contributed by atoms with Crippen molar-refractivity contribution in [3.05, 3.63) is 29.8 Å². The number of hydrogen-bond donors (Lipinski definition) is 2. The molecule has 2 saturated carbocycles. The Kier molecular flexibility index (Phi) is 5.63. The van der Waals surface area contributed by atoms with Crippen LogP contribution >= 0.6 is 0 Å². The lowest BCUT2D eigenvalue weighted by atomic mass is 9.85. The molecule has 2 N–H and O–H groups in total. The number of amides is 1. The van der Waals surface area contributed by atoms with Crippen LogP contribution in [-0.2, 0) is 4.79 Å². The molecule has 3 rings (SSSR count). The first-order chi connectivity index (χ1) is 12.2. The van der Waals surface area contributed by atoms with Crippen LogP contribution in [0.4, 0.5) is 0 Å². The largest absolute Gasteiger partial charge is 0.493 e. The van der Waals surface area contributed by atoms with Gasteiger partial charge in [0.1, 0.15) is 0 Å². The summed E-state index contributed by atoms with van der Waals surface area (Å²) in [6.45, 7) is 2.63. The highest BCUT2D eigenvalue weighted by atomic mass is 16.5. The Bertz CT molecular complexity index is 643. The van der Waals surface area contributed by atoms with Gasteiger partial charge in [-0.15, -0.1) is 0 Å². The van der Waals surface area contributed by atoms with Crippen LogP contribution in [0.25, 0.3) is 6.08 Å². The highest BCUT2D eigenvalue weighted by molar-refractivity contribution is 5.92. The number of ether oxygens (including phenoxy) is 2. The Morgan fingerprint density at radius 1 is 1.32 bits per heavy atom. The molecule has 0 aliphatic heterocycles. The van der Waals surface area contributed by atoms with E-state index in [2.05, 4.69) is 5.32 Å². The van der Waals surface area contributed by atoms with Gasteiger partial charge in [0.05, 0.1) is 13.7 Å². The molecule has 4 atom stereocenters. The molecule has 0 radical (unpaired) electrons. The van der Waals surface area contributed by atoms with Crippen LogP contribution in [0.2, 0.25) is 0 Å². The molecule has 4 unspecified atom stereocenters. The quantitative estimate of drug-likeness (QED) is 0.746. The molecule has 136 valence electrons. The van der Waals surface area contributed by atoms with Gasteiger partial charge < -0.3 is 19.9 Å². The van der Waals surface area contributed by atoms with Crippen molar-refractivity contribution >= 4 is 12.0 Å². The fourth-order valence-corrected chi connectivity index (χ4v) is 4.35. The van der Waals surface area contributed by atoms with Crippen LogP contribution in [0, 0.1) is 17.8 Å². The SMILES string of the molecule is CCOc1cc(C=CC(=O)NC2C3CCC(C3)C2CO)ccc1OC. The topological polar surface area (TPSA) is 67.8 Å². The summed E-state index contributed by atoms with van der Waals surface area (Å²) in [4.78, 5) is 12.3. The molecule has 0 aromatic heterocycles. The van der Waals surface area contributed by atoms with E-state index in [4.69, 9.17) is 9.47 Å². The van der Waals surface area contributed by atoms with Gasteiger partial charge in [0.2, 0.25) is 5.91 Å². The van der Waals surface area contributed by atoms with Crippen molar-refractivity contribution in [3.63, 3.8) is 0 Å². The number of rotatable bonds is 7. The first-order valence-electron chi connectivity index (χ1n) is 9.06. The zero-order valence-electron chi connectivity index (χ0n) is 14.9. The minimum absolute atomic E-state index is 0.107. The number of carbonyl (C=O) groups excluding carboxylic acids is 1. The van der Waals surface area contributed by atoms with E-state index in [1.165, 1.54) is 6.42 Å². The van der Waals surface area contributed by atoms with E-state index in [9.17, 15) is 9.90 Å². The number of aliphatic hydroxyl groups excluding tert-OH is 1. The summed E-state index contributed by atoms with van der Waals surface area (Å²) in [7, 11) is 1.60. The average molecular weight is 345 g/mol. The van der Waals surface area contributed by atoms with Crippen LogP contribution in [0.3, 0.4) is 0 Å². The van der Waals surface area contributed by atoms with Crippen molar-refractivity contribution in [1.82, 2.24) is 5.32 Å². The summed E-state index contributed by atoms with van der Waals surface area (Å²) < 4.78 is 10.8. The molecule has 2 aliphatic rings. The zero-order chi connectivity index (χ0) is 17.8. The second kappa shape index (κ2) is 7.91. The van der Waals surface area contributed by atoms with Gasteiger partial charge in [-0.3, -0.25) is 4.79 Å². The molecule has 1 aromatic rings. The monoisotopic (exact) mass is 345 g/mol. The molecular formula is C20H27NO4. The predicted molar refractivity (Wildman–Crippen MR) is 96.5 cm³/mol. The van der Waals surface area contributed by atoms with Gasteiger partial charge in [0.25, 0.3) is 0 Å². The van der Waals surface area contributed by atoms with Crippen molar-refractivity contribution in [2.45, 2.75) is 32.2 Å². The van der Waals surface area contributed by atoms with Crippen LogP contribution in [0.15, 0.2) is 24.3 Å². The molecule has 0 heterocycles. The second-order valence-electron chi connectivity index (χ2n) is 6.89. The first kappa shape index (κ1) is 17.8. The van der Waals surface area contributed by atoms with Crippen LogP contribution < -0.4 is 14.8 Å². The maximum atomic E-state index is 12.3. The van der Waals surface area contributed by atoms with Crippen LogP contribution in [0.1, 0.15) is 31.7 Å². The number of fused-ring (bicyclic) bond motifs is 2. The van der Waals surface area contributed by atoms with Gasteiger partial charge in [-0.25, -0.2) is 0 Å². The lowest BCUT2D eigenvalue weighted by Gasteiger charge is -2.30. The van der Waals surface area contributed by atoms with Crippen LogP contribution in [-0.4, -0.2) is 37.4 Å². The molecular weight excluding hydrogens is 318 g/mol. The van der Waals surface area contributed by atoms with Gasteiger partial charge in [-0.05, 0) is 61.8 Å². The number of nitrogens with one attached hydrogen (secondary N) is 1. The minimum Gasteiger partial charge on any atom is -0.493 e. The second-order valence-corrected chi connectivity index (χ2v) is 6.89. The fraction of sp³-hybridized carbons (Fsp3) is 0.550. The smallest absolute Gasteiger partial charge is 0.244 e. The third-order valence-electron chi connectivity index (χ3n) is 5.52. The van der Waals surface area contributed by atoms with E-state index in [1.54, 1.807) is 19.3 Å². The molecule has 2 fully saturated rings. The summed E-state index contributed by atoms with van der Waals surface area (Å²) in [6, 6.07) is 5.69. The Morgan fingerprint density at radius 2 is 2.12 bits per heavy atom. The lowest BCUT2D eigenvalue weighted by Crippen LogP contribution is -2.44. The van der Waals surface area contributed by atoms with E-state index in [0.717, 1.165) is 18.4 Å². The van der Waals surface area contributed by atoms with Crippen molar-refractivity contribution in [1.29, 1.82) is 0 Å². The van der Waals surface area contributed by atoms with Gasteiger partial charge in [-0.1, -0.05) is 6.07 Å². The third-order valence-corrected chi connectivity index (χ3v) is 5.52. The molecule has 5 nitrogen and oxygen atoms in total. The maximum absolute atomic E-state index is 12.3. The number of carbonyl (C=O) groups is 1. The average Bonchev–Trinajstić information content (AvgIpc) is 3.22. The summed E-state index contributed by atoms with van der Waals surface area (Å²) in [5.74, 6) is 2.54. The van der Waals surface area contributed by atoms with Gasteiger partial charge in [0, 0.05) is 24.6 Å². The Labute approximate surface area is 149 Å². The highest BCUT2D eigenvalue weighted by Crippen LogP contribution is 2.48. The number of hydrogen-bond acceptors (Lipinski definition) is 4. The zero-order valence-corrected chi connectivity index (χ0v) is 14.9. The van der Waals surface area contributed by atoms with E-state index in [-0.39, 0.29) is 24.5 Å². The molecule has 1 aromatic carbocycles. The summed E-state index contributed by atoms with van der Waals surface area (Å²) >= 11 is 0. The van der Waals surface area contributed by atoms with Crippen molar-refractivity contribution in [2.24, 2.45) is 17.8 Å². The van der Waals surface area contributed by atoms with E-state index in [0.29, 0.717) is 29.9 Å². The summed E-state index contributed by atoms with van der Waals surface area (Å²) in [5.41, 5.74) is 0.881. The molecule has 2 bridgehead atoms. The maximum Gasteiger partial charge on any atom is 0.244 e. The fourth-order valence-electron chi connectivity index (χ4n) is 4.35. The molecule has 2 aliphatic carbocycles. The third kappa shape index (κ3) is 3.82. The number of aliphatic hydroxyl groups is 1. The normalized spacial score (nSPS) is 27.6. The Balaban J connectivity index is 1.63. The van der Waals surface area contributed by atoms with E-state index in [1.807, 2.05) is 25.1 Å². The van der Waals surface area contributed by atoms with E-state index < -0.39 is 0 Å². The predicted octanol–water partition coefficient (Wildman–Crippen LogP) is 2.63. The molecule has 0 saturated heterocycles. The first-order valence-corrected chi connectivity index (χ1v) is 9.06. The number of methoxy groups -OCH3 is 1. The standard InChI is InChI=1S/C20H27NO4/c1-3-25-18-10-13(4-8-17(18)24-2)5-9-19(23)21-20-15-7-6-14(11-15)16(20)12-22/h4-5,8-10,14-16,20,22H,3,6-7,11-12H2,1-2H3,(H,21,23). The van der Waals surface area contributed by atoms with Gasteiger partial charge in [-0.2, -0.15) is 0 Å². The summed E-state index contributed by atoms with van der Waals surface area (Å²) in [5, 5.41) is 12.7. The molecule has 5 heteroatoms. The van der Waals surface area contributed by atoms with E-state index >= 15 is 0 Å². The van der Waals surface area contributed by atoms with Crippen molar-refractivity contribution in [2.75, 3.05) is 20.3 Å². The minimum atomic E-state index is -0.107.